The van der Waals surface area contributed by atoms with E-state index in [4.69, 9.17) is 1.37 Å². The van der Waals surface area contributed by atoms with Crippen LogP contribution in [0.5, 0.6) is 0 Å². The lowest BCUT2D eigenvalue weighted by Crippen LogP contribution is -2.26. The van der Waals surface area contributed by atoms with E-state index in [0.29, 0.717) is 10.1 Å². The maximum atomic E-state index is 12.5. The molecule has 2 aromatic rings. The molecule has 0 amide bonds. The zero-order valence-corrected chi connectivity index (χ0v) is 11.7. The van der Waals surface area contributed by atoms with E-state index >= 15 is 0 Å². The van der Waals surface area contributed by atoms with E-state index in [1.807, 2.05) is 6.92 Å². The molecule has 0 spiro atoms. The van der Waals surface area contributed by atoms with Gasteiger partial charge in [0.25, 0.3) is 5.56 Å². The maximum absolute atomic E-state index is 12.5. The third-order valence-electron chi connectivity index (χ3n) is 3.71. The summed E-state index contributed by atoms with van der Waals surface area (Å²) in [5, 5.41) is 0.842. The SMILES string of the molecule is [2H]c1ncc2c(C)c(Br)c(=O)n(C3CCCC3)c2n1. The molecule has 4 nitrogen and oxygen atoms in total. The Morgan fingerprint density at radius 3 is 2.94 bits per heavy atom. The van der Waals surface area contributed by atoms with Gasteiger partial charge in [0.2, 0.25) is 0 Å². The molecule has 0 atom stereocenters. The van der Waals surface area contributed by atoms with Gasteiger partial charge < -0.3 is 0 Å². The van der Waals surface area contributed by atoms with Gasteiger partial charge >= 0.3 is 0 Å². The van der Waals surface area contributed by atoms with Crippen LogP contribution < -0.4 is 5.56 Å². The second kappa shape index (κ2) is 4.46. The van der Waals surface area contributed by atoms with E-state index in [2.05, 4.69) is 25.9 Å². The summed E-state index contributed by atoms with van der Waals surface area (Å²) in [6.45, 7) is 1.87. The summed E-state index contributed by atoms with van der Waals surface area (Å²) in [6.07, 6.45) is 5.88. The zero-order valence-electron chi connectivity index (χ0n) is 11.1. The first-order valence-electron chi connectivity index (χ1n) is 6.63. The van der Waals surface area contributed by atoms with Crippen LogP contribution in [0, 0.1) is 6.92 Å². The molecule has 1 saturated carbocycles. The van der Waals surface area contributed by atoms with E-state index in [1.165, 1.54) is 0 Å². The molecule has 0 bridgehead atoms. The van der Waals surface area contributed by atoms with Crippen molar-refractivity contribution in [1.29, 1.82) is 0 Å². The molecule has 2 aromatic heterocycles. The van der Waals surface area contributed by atoms with Gasteiger partial charge in [-0.05, 0) is 41.3 Å². The Morgan fingerprint density at radius 2 is 2.22 bits per heavy atom. The fourth-order valence-corrected chi connectivity index (χ4v) is 3.12. The normalized spacial score (nSPS) is 17.3. The van der Waals surface area contributed by atoms with E-state index in [-0.39, 0.29) is 17.9 Å². The molecule has 0 radical (unpaired) electrons. The molecule has 0 N–H and O–H groups in total. The highest BCUT2D eigenvalue weighted by Crippen LogP contribution is 2.31. The second-order valence-corrected chi connectivity index (χ2v) is 5.55. The molecule has 1 fully saturated rings. The fourth-order valence-electron chi connectivity index (χ4n) is 2.72. The van der Waals surface area contributed by atoms with Crippen molar-refractivity contribution in [3.05, 3.63) is 32.9 Å². The molecule has 94 valence electrons. The monoisotopic (exact) mass is 308 g/mol. The molecule has 2 heterocycles. The van der Waals surface area contributed by atoms with Crippen molar-refractivity contribution in [2.24, 2.45) is 0 Å². The summed E-state index contributed by atoms with van der Waals surface area (Å²) < 4.78 is 9.92. The topological polar surface area (TPSA) is 47.8 Å². The highest BCUT2D eigenvalue weighted by atomic mass is 79.9. The molecule has 3 rings (SSSR count). The number of hydrogen-bond donors (Lipinski definition) is 0. The van der Waals surface area contributed by atoms with Gasteiger partial charge in [-0.25, -0.2) is 9.97 Å². The van der Waals surface area contributed by atoms with Crippen LogP contribution in [0.3, 0.4) is 0 Å². The predicted molar refractivity (Wildman–Crippen MR) is 73.7 cm³/mol. The average Bonchev–Trinajstić information content (AvgIpc) is 2.90. The van der Waals surface area contributed by atoms with Gasteiger partial charge in [0.15, 0.2) is 0 Å². The Balaban J connectivity index is 2.40. The standard InChI is InChI=1S/C13H14BrN3O/c1-8-10-6-15-7-16-12(10)17(13(18)11(8)14)9-4-2-3-5-9/h6-7,9H,2-5H2,1H3/i7D. The Morgan fingerprint density at radius 1 is 1.50 bits per heavy atom. The van der Waals surface area contributed by atoms with E-state index in [0.717, 1.165) is 36.6 Å². The highest BCUT2D eigenvalue weighted by molar-refractivity contribution is 9.10. The summed E-state index contributed by atoms with van der Waals surface area (Å²) in [6, 6.07) is 0.196. The largest absolute Gasteiger partial charge is 0.289 e. The predicted octanol–water partition coefficient (Wildman–Crippen LogP) is 2.98. The van der Waals surface area contributed by atoms with Crippen LogP contribution in [-0.2, 0) is 0 Å². The van der Waals surface area contributed by atoms with Crippen LogP contribution in [0.15, 0.2) is 21.8 Å². The quantitative estimate of drug-likeness (QED) is 0.813. The van der Waals surface area contributed by atoms with Crippen molar-refractivity contribution in [2.75, 3.05) is 0 Å². The maximum Gasteiger partial charge on any atom is 0.267 e. The molecular formula is C13H14BrN3O. The molecule has 0 unspecified atom stereocenters. The molecule has 5 heteroatoms. The van der Waals surface area contributed by atoms with Crippen LogP contribution in [0.25, 0.3) is 11.0 Å². The lowest BCUT2D eigenvalue weighted by atomic mass is 10.1. The minimum Gasteiger partial charge on any atom is -0.289 e. The van der Waals surface area contributed by atoms with Crippen molar-refractivity contribution in [3.63, 3.8) is 0 Å². The van der Waals surface area contributed by atoms with Crippen LogP contribution in [0.1, 0.15) is 38.7 Å². The van der Waals surface area contributed by atoms with Crippen molar-refractivity contribution in [2.45, 2.75) is 38.6 Å². The Bertz CT molecular complexity index is 707. The van der Waals surface area contributed by atoms with Crippen LogP contribution in [0.2, 0.25) is 0 Å². The second-order valence-electron chi connectivity index (χ2n) is 4.76. The highest BCUT2D eigenvalue weighted by Gasteiger charge is 2.22. The molecule has 18 heavy (non-hydrogen) atoms. The fraction of sp³-hybridized carbons (Fsp3) is 0.462. The minimum atomic E-state index is -0.0463. The van der Waals surface area contributed by atoms with Crippen molar-refractivity contribution >= 4 is 27.0 Å². The van der Waals surface area contributed by atoms with Gasteiger partial charge in [-0.2, -0.15) is 0 Å². The first kappa shape index (κ1) is 10.7. The first-order valence-corrected chi connectivity index (χ1v) is 6.93. The Kier molecular flexibility index (Phi) is 2.64. The molecule has 1 aliphatic carbocycles. The van der Waals surface area contributed by atoms with Crippen molar-refractivity contribution < 1.29 is 1.37 Å². The van der Waals surface area contributed by atoms with E-state index < -0.39 is 0 Å². The number of fused-ring (bicyclic) bond motifs is 1. The lowest BCUT2D eigenvalue weighted by molar-refractivity contribution is 0.514. The summed E-state index contributed by atoms with van der Waals surface area (Å²) in [5.74, 6) is 0. The van der Waals surface area contributed by atoms with Crippen LogP contribution in [-0.4, -0.2) is 14.5 Å². The number of aryl methyl sites for hydroxylation is 1. The van der Waals surface area contributed by atoms with Gasteiger partial charge in [0.05, 0.1) is 4.47 Å². The smallest absolute Gasteiger partial charge is 0.267 e. The van der Waals surface area contributed by atoms with E-state index in [1.54, 1.807) is 10.8 Å². The summed E-state index contributed by atoms with van der Waals surface area (Å²) in [7, 11) is 0. The average molecular weight is 309 g/mol. The minimum absolute atomic E-state index is 0.0413. The molecular weight excluding hydrogens is 294 g/mol. The number of aromatic nitrogens is 3. The van der Waals surface area contributed by atoms with Crippen molar-refractivity contribution in [3.8, 4) is 0 Å². The van der Waals surface area contributed by atoms with Gasteiger partial charge in [-0.3, -0.25) is 9.36 Å². The van der Waals surface area contributed by atoms with Gasteiger partial charge in [-0.15, -0.1) is 0 Å². The number of hydrogen-bond acceptors (Lipinski definition) is 3. The Labute approximate surface area is 115 Å². The molecule has 0 saturated heterocycles. The number of pyridine rings is 1. The summed E-state index contributed by atoms with van der Waals surface area (Å²) >= 11 is 3.38. The molecule has 0 aliphatic heterocycles. The van der Waals surface area contributed by atoms with E-state index in [9.17, 15) is 4.79 Å². The van der Waals surface area contributed by atoms with Gasteiger partial charge in [0.1, 0.15) is 13.3 Å². The summed E-state index contributed by atoms with van der Waals surface area (Å²) in [4.78, 5) is 20.6. The van der Waals surface area contributed by atoms with Gasteiger partial charge in [0, 0.05) is 17.6 Å². The zero-order chi connectivity index (χ0) is 13.6. The third-order valence-corrected chi connectivity index (χ3v) is 4.64. The summed E-state index contributed by atoms with van der Waals surface area (Å²) in [5.41, 5.74) is 1.39. The third kappa shape index (κ3) is 1.68. The van der Waals surface area contributed by atoms with Crippen molar-refractivity contribution in [1.82, 2.24) is 14.5 Å². The number of nitrogens with zero attached hydrogens (tertiary/aromatic N) is 3. The van der Waals surface area contributed by atoms with Gasteiger partial charge in [-0.1, -0.05) is 12.8 Å². The van der Waals surface area contributed by atoms with Crippen LogP contribution >= 0.6 is 15.9 Å². The number of rotatable bonds is 1. The number of halogens is 1. The van der Waals surface area contributed by atoms with Crippen LogP contribution in [0.4, 0.5) is 0 Å². The molecule has 0 aromatic carbocycles. The first-order chi connectivity index (χ1) is 9.09. The molecule has 1 aliphatic rings. The lowest BCUT2D eigenvalue weighted by Gasteiger charge is -2.17. The Hall–Kier alpha value is -1.23.